The number of rotatable bonds is 6. The molecule has 0 aliphatic carbocycles. The van der Waals surface area contributed by atoms with Crippen LogP contribution in [0.1, 0.15) is 31.1 Å². The van der Waals surface area contributed by atoms with Crippen molar-refractivity contribution in [2.75, 3.05) is 17.2 Å². The van der Waals surface area contributed by atoms with E-state index in [0.717, 1.165) is 0 Å². The van der Waals surface area contributed by atoms with Gasteiger partial charge in [-0.05, 0) is 42.3 Å². The summed E-state index contributed by atoms with van der Waals surface area (Å²) >= 11 is 6.20. The number of carbonyl (C=O) groups is 2. The molecule has 0 aromatic heterocycles. The van der Waals surface area contributed by atoms with Crippen molar-refractivity contribution in [3.05, 3.63) is 53.1 Å². The Morgan fingerprint density at radius 3 is 2.44 bits per heavy atom. The van der Waals surface area contributed by atoms with E-state index < -0.39 is 0 Å². The van der Waals surface area contributed by atoms with E-state index in [2.05, 4.69) is 24.5 Å². The summed E-state index contributed by atoms with van der Waals surface area (Å²) in [5.74, 6) is 0.493. The second-order valence-corrected chi connectivity index (χ2v) is 6.47. The van der Waals surface area contributed by atoms with Gasteiger partial charge in [-0.2, -0.15) is 0 Å². The monoisotopic (exact) mass is 360 g/mol. The fourth-order valence-corrected chi connectivity index (χ4v) is 2.33. The summed E-state index contributed by atoms with van der Waals surface area (Å²) in [4.78, 5) is 23.5. The van der Waals surface area contributed by atoms with Crippen LogP contribution in [0, 0.1) is 5.92 Å². The minimum atomic E-state index is -0.292. The summed E-state index contributed by atoms with van der Waals surface area (Å²) in [6.45, 7) is 6.09. The smallest absolute Gasteiger partial charge is 0.255 e. The van der Waals surface area contributed by atoms with Crippen molar-refractivity contribution in [3.8, 4) is 5.75 Å². The van der Waals surface area contributed by atoms with E-state index in [1.807, 2.05) is 0 Å². The molecule has 2 rings (SSSR count). The van der Waals surface area contributed by atoms with Gasteiger partial charge in [0.25, 0.3) is 5.91 Å². The molecule has 6 heteroatoms. The maximum atomic E-state index is 12.4. The summed E-state index contributed by atoms with van der Waals surface area (Å²) < 4.78 is 5.61. The molecule has 2 amide bonds. The van der Waals surface area contributed by atoms with Gasteiger partial charge in [-0.15, -0.1) is 0 Å². The molecule has 0 radical (unpaired) electrons. The Morgan fingerprint density at radius 2 is 1.80 bits per heavy atom. The Kier molecular flexibility index (Phi) is 6.42. The number of anilines is 2. The van der Waals surface area contributed by atoms with Gasteiger partial charge in [0.05, 0.1) is 11.6 Å². The molecular formula is C19H21ClN2O3. The quantitative estimate of drug-likeness (QED) is 0.791. The Bertz CT molecular complexity index is 775. The van der Waals surface area contributed by atoms with Crippen LogP contribution in [-0.4, -0.2) is 18.4 Å². The van der Waals surface area contributed by atoms with Crippen molar-refractivity contribution in [2.24, 2.45) is 5.92 Å². The van der Waals surface area contributed by atoms with Gasteiger partial charge in [0.1, 0.15) is 5.75 Å². The number of halogens is 1. The fourth-order valence-electron chi connectivity index (χ4n) is 2.10. The lowest BCUT2D eigenvalue weighted by Crippen LogP contribution is -2.13. The number of amides is 2. The van der Waals surface area contributed by atoms with Crippen LogP contribution in [0.15, 0.2) is 42.5 Å². The van der Waals surface area contributed by atoms with Crippen molar-refractivity contribution in [1.29, 1.82) is 0 Å². The van der Waals surface area contributed by atoms with Crippen LogP contribution >= 0.6 is 11.6 Å². The largest absolute Gasteiger partial charge is 0.492 e. The van der Waals surface area contributed by atoms with Gasteiger partial charge in [-0.1, -0.05) is 31.5 Å². The van der Waals surface area contributed by atoms with Crippen molar-refractivity contribution in [3.63, 3.8) is 0 Å². The van der Waals surface area contributed by atoms with E-state index in [4.69, 9.17) is 16.3 Å². The van der Waals surface area contributed by atoms with Crippen molar-refractivity contribution in [1.82, 2.24) is 0 Å². The molecule has 25 heavy (non-hydrogen) atoms. The van der Waals surface area contributed by atoms with Gasteiger partial charge in [-0.25, -0.2) is 0 Å². The van der Waals surface area contributed by atoms with Gasteiger partial charge >= 0.3 is 0 Å². The molecule has 0 heterocycles. The van der Waals surface area contributed by atoms with Crippen LogP contribution in [0.5, 0.6) is 5.75 Å². The standard InChI is InChI=1S/C19H21ClN2O3/c1-12(2)11-25-18-8-7-16(10-17(18)20)22-19(24)14-5-4-6-15(9-14)21-13(3)23/h4-10,12H,11H2,1-3H3,(H,21,23)(H,22,24). The Hall–Kier alpha value is -2.53. The number of carbonyl (C=O) groups excluding carboxylic acids is 2. The van der Waals surface area contributed by atoms with Crippen LogP contribution in [0.3, 0.4) is 0 Å². The molecule has 132 valence electrons. The number of hydrogen-bond donors (Lipinski definition) is 2. The summed E-state index contributed by atoms with van der Waals surface area (Å²) in [5, 5.41) is 5.86. The Balaban J connectivity index is 2.07. The van der Waals surface area contributed by atoms with E-state index in [0.29, 0.717) is 40.2 Å². The lowest BCUT2D eigenvalue weighted by Gasteiger charge is -2.12. The van der Waals surface area contributed by atoms with Crippen LogP contribution < -0.4 is 15.4 Å². The summed E-state index contributed by atoms with van der Waals surface area (Å²) in [6.07, 6.45) is 0. The molecule has 0 spiro atoms. The van der Waals surface area contributed by atoms with Gasteiger partial charge in [0.15, 0.2) is 0 Å². The van der Waals surface area contributed by atoms with E-state index in [1.54, 1.807) is 42.5 Å². The van der Waals surface area contributed by atoms with Gasteiger partial charge in [-0.3, -0.25) is 9.59 Å². The second-order valence-electron chi connectivity index (χ2n) is 6.07. The summed E-state index contributed by atoms with van der Waals surface area (Å²) in [7, 11) is 0. The lowest BCUT2D eigenvalue weighted by molar-refractivity contribution is -0.114. The van der Waals surface area contributed by atoms with E-state index >= 15 is 0 Å². The molecule has 0 unspecified atom stereocenters. The first-order chi connectivity index (χ1) is 11.8. The zero-order chi connectivity index (χ0) is 18.4. The molecular weight excluding hydrogens is 340 g/mol. The highest BCUT2D eigenvalue weighted by molar-refractivity contribution is 6.32. The van der Waals surface area contributed by atoms with E-state index in [1.165, 1.54) is 6.92 Å². The Morgan fingerprint density at radius 1 is 1.08 bits per heavy atom. The molecule has 0 bridgehead atoms. The number of benzene rings is 2. The molecule has 0 saturated heterocycles. The highest BCUT2D eigenvalue weighted by Crippen LogP contribution is 2.28. The summed E-state index contributed by atoms with van der Waals surface area (Å²) in [5.41, 5.74) is 1.56. The zero-order valence-corrected chi connectivity index (χ0v) is 15.2. The zero-order valence-electron chi connectivity index (χ0n) is 14.4. The van der Waals surface area contributed by atoms with E-state index in [-0.39, 0.29) is 11.8 Å². The molecule has 0 fully saturated rings. The third-order valence-electron chi connectivity index (χ3n) is 3.21. The average molecular weight is 361 g/mol. The molecule has 2 aromatic carbocycles. The average Bonchev–Trinajstić information content (AvgIpc) is 2.53. The van der Waals surface area contributed by atoms with Crippen LogP contribution in [0.2, 0.25) is 5.02 Å². The third-order valence-corrected chi connectivity index (χ3v) is 3.50. The molecule has 2 aromatic rings. The van der Waals surface area contributed by atoms with E-state index in [9.17, 15) is 9.59 Å². The SMILES string of the molecule is CC(=O)Nc1cccc(C(=O)Nc2ccc(OCC(C)C)c(Cl)c2)c1. The predicted molar refractivity (Wildman–Crippen MR) is 100 cm³/mol. The maximum absolute atomic E-state index is 12.4. The molecule has 2 N–H and O–H groups in total. The van der Waals surface area contributed by atoms with Gasteiger partial charge in [0, 0.05) is 23.9 Å². The number of nitrogens with one attached hydrogen (secondary N) is 2. The van der Waals surface area contributed by atoms with Crippen molar-refractivity contribution < 1.29 is 14.3 Å². The third kappa shape index (κ3) is 5.80. The molecule has 0 aliphatic heterocycles. The van der Waals surface area contributed by atoms with Crippen LogP contribution in [0.25, 0.3) is 0 Å². The van der Waals surface area contributed by atoms with Crippen molar-refractivity contribution >= 4 is 34.8 Å². The minimum Gasteiger partial charge on any atom is -0.492 e. The van der Waals surface area contributed by atoms with Crippen LogP contribution in [0.4, 0.5) is 11.4 Å². The topological polar surface area (TPSA) is 67.4 Å². The highest BCUT2D eigenvalue weighted by atomic mass is 35.5. The minimum absolute atomic E-state index is 0.193. The maximum Gasteiger partial charge on any atom is 0.255 e. The fraction of sp³-hybridized carbons (Fsp3) is 0.263. The molecule has 5 nitrogen and oxygen atoms in total. The number of hydrogen-bond acceptors (Lipinski definition) is 3. The number of ether oxygens (including phenoxy) is 1. The van der Waals surface area contributed by atoms with Crippen LogP contribution in [-0.2, 0) is 4.79 Å². The summed E-state index contributed by atoms with van der Waals surface area (Å²) in [6, 6.07) is 11.8. The highest BCUT2D eigenvalue weighted by Gasteiger charge is 2.10. The normalized spacial score (nSPS) is 10.4. The van der Waals surface area contributed by atoms with Crippen molar-refractivity contribution in [2.45, 2.75) is 20.8 Å². The Labute approximate surface area is 152 Å². The molecule has 0 atom stereocenters. The molecule has 0 aliphatic rings. The first-order valence-corrected chi connectivity index (χ1v) is 8.34. The van der Waals surface area contributed by atoms with Gasteiger partial charge in [0.2, 0.25) is 5.91 Å². The lowest BCUT2D eigenvalue weighted by atomic mass is 10.1. The molecule has 0 saturated carbocycles. The second kappa shape index (κ2) is 8.53. The predicted octanol–water partition coefficient (Wildman–Crippen LogP) is 4.59. The van der Waals surface area contributed by atoms with Gasteiger partial charge < -0.3 is 15.4 Å². The first-order valence-electron chi connectivity index (χ1n) is 7.96. The first kappa shape index (κ1) is 18.8.